The quantitative estimate of drug-likeness (QED) is 0.809. The Morgan fingerprint density at radius 1 is 1.40 bits per heavy atom. The first-order chi connectivity index (χ1) is 12.2. The fourth-order valence-electron chi connectivity index (χ4n) is 3.68. The zero-order chi connectivity index (χ0) is 17.2. The molecule has 25 heavy (non-hydrogen) atoms. The van der Waals surface area contributed by atoms with E-state index in [1.54, 1.807) is 0 Å². The molecule has 0 aromatic carbocycles. The maximum absolute atomic E-state index is 12.6. The molecule has 5 nitrogen and oxygen atoms in total. The van der Waals surface area contributed by atoms with Gasteiger partial charge in [-0.1, -0.05) is 17.8 Å². The van der Waals surface area contributed by atoms with Gasteiger partial charge in [0.2, 0.25) is 0 Å². The van der Waals surface area contributed by atoms with E-state index in [1.165, 1.54) is 31.0 Å². The van der Waals surface area contributed by atoms with Crippen LogP contribution in [-0.2, 0) is 4.79 Å². The Bertz CT molecular complexity index is 820. The van der Waals surface area contributed by atoms with E-state index in [0.717, 1.165) is 58.9 Å². The predicted octanol–water partition coefficient (Wildman–Crippen LogP) is 2.99. The number of imidazole rings is 1. The SMILES string of the molecule is Cc1nc2cccc3n2c1C=C(C(=O)NCCCC1CCNCC1)S3. The summed E-state index contributed by atoms with van der Waals surface area (Å²) in [7, 11) is 0. The standard InChI is InChI=1S/C19H24N4OS/c1-13-15-12-16(25-18-6-2-5-17(22-13)23(15)18)19(24)21-9-3-4-14-7-10-20-11-8-14/h2,5-6,12,14,20H,3-4,7-11H2,1H3,(H,21,24). The second kappa shape index (κ2) is 7.22. The van der Waals surface area contributed by atoms with Gasteiger partial charge in [-0.05, 0) is 69.8 Å². The van der Waals surface area contributed by atoms with E-state index in [4.69, 9.17) is 0 Å². The molecule has 0 atom stereocenters. The highest BCUT2D eigenvalue weighted by Gasteiger charge is 2.21. The molecule has 1 saturated heterocycles. The third-order valence-corrected chi connectivity index (χ3v) is 6.12. The molecule has 0 saturated carbocycles. The largest absolute Gasteiger partial charge is 0.352 e. The summed E-state index contributed by atoms with van der Waals surface area (Å²) in [6, 6.07) is 6.04. The molecule has 0 unspecified atom stereocenters. The van der Waals surface area contributed by atoms with Gasteiger partial charge in [0, 0.05) is 6.54 Å². The smallest absolute Gasteiger partial charge is 0.258 e. The van der Waals surface area contributed by atoms with Crippen molar-refractivity contribution in [2.75, 3.05) is 19.6 Å². The van der Waals surface area contributed by atoms with Crippen LogP contribution in [0.2, 0.25) is 0 Å². The Hall–Kier alpha value is -1.79. The highest BCUT2D eigenvalue weighted by molar-refractivity contribution is 8.04. The Morgan fingerprint density at radius 3 is 3.08 bits per heavy atom. The fraction of sp³-hybridized carbons (Fsp3) is 0.474. The minimum Gasteiger partial charge on any atom is -0.352 e. The maximum Gasteiger partial charge on any atom is 0.258 e. The van der Waals surface area contributed by atoms with Crippen LogP contribution < -0.4 is 10.6 Å². The molecule has 4 heterocycles. The number of carbonyl (C=O) groups is 1. The summed E-state index contributed by atoms with van der Waals surface area (Å²) in [6.45, 7) is 5.02. The van der Waals surface area contributed by atoms with Crippen molar-refractivity contribution in [1.29, 1.82) is 0 Å². The highest BCUT2D eigenvalue weighted by atomic mass is 32.2. The molecule has 1 fully saturated rings. The first kappa shape index (κ1) is 16.7. The van der Waals surface area contributed by atoms with Gasteiger partial charge in [-0.25, -0.2) is 4.98 Å². The van der Waals surface area contributed by atoms with Crippen LogP contribution in [0.1, 0.15) is 37.1 Å². The number of aromatic nitrogens is 2. The summed E-state index contributed by atoms with van der Waals surface area (Å²) in [5, 5.41) is 7.54. The summed E-state index contributed by atoms with van der Waals surface area (Å²) in [5.74, 6) is 0.843. The van der Waals surface area contributed by atoms with E-state index in [-0.39, 0.29) is 5.91 Å². The lowest BCUT2D eigenvalue weighted by molar-refractivity contribution is -0.116. The van der Waals surface area contributed by atoms with Crippen LogP contribution in [0.15, 0.2) is 28.1 Å². The normalized spacial score (nSPS) is 17.6. The Balaban J connectivity index is 1.37. The van der Waals surface area contributed by atoms with Crippen LogP contribution in [0.5, 0.6) is 0 Å². The number of amides is 1. The van der Waals surface area contributed by atoms with Gasteiger partial charge in [-0.15, -0.1) is 0 Å². The van der Waals surface area contributed by atoms with Crippen LogP contribution in [0, 0.1) is 12.8 Å². The molecule has 0 aliphatic carbocycles. The van der Waals surface area contributed by atoms with E-state index in [9.17, 15) is 4.79 Å². The molecule has 132 valence electrons. The van der Waals surface area contributed by atoms with Crippen LogP contribution in [0.25, 0.3) is 11.7 Å². The van der Waals surface area contributed by atoms with Gasteiger partial charge in [0.1, 0.15) is 5.65 Å². The third kappa shape index (κ3) is 3.46. The zero-order valence-electron chi connectivity index (χ0n) is 14.5. The number of rotatable bonds is 5. The molecule has 2 aromatic rings. The van der Waals surface area contributed by atoms with E-state index in [1.807, 2.05) is 31.2 Å². The number of thioether (sulfide) groups is 1. The van der Waals surface area contributed by atoms with E-state index >= 15 is 0 Å². The van der Waals surface area contributed by atoms with Crippen molar-refractivity contribution in [1.82, 2.24) is 20.0 Å². The van der Waals surface area contributed by atoms with Gasteiger partial charge in [-0.3, -0.25) is 9.20 Å². The van der Waals surface area contributed by atoms with Crippen molar-refractivity contribution in [3.63, 3.8) is 0 Å². The Morgan fingerprint density at radius 2 is 2.24 bits per heavy atom. The maximum atomic E-state index is 12.6. The first-order valence-electron chi connectivity index (χ1n) is 9.09. The van der Waals surface area contributed by atoms with Crippen molar-refractivity contribution in [3.8, 4) is 0 Å². The Kier molecular flexibility index (Phi) is 4.81. The molecule has 2 aliphatic heterocycles. The highest BCUT2D eigenvalue weighted by Crippen LogP contribution is 2.35. The summed E-state index contributed by atoms with van der Waals surface area (Å²) in [6.07, 6.45) is 6.76. The molecule has 0 spiro atoms. The van der Waals surface area contributed by atoms with Gasteiger partial charge in [0.25, 0.3) is 5.91 Å². The molecule has 4 rings (SSSR count). The molecule has 0 bridgehead atoms. The number of aryl methyl sites for hydroxylation is 1. The summed E-state index contributed by atoms with van der Waals surface area (Å²) in [5.41, 5.74) is 2.92. The van der Waals surface area contributed by atoms with Crippen LogP contribution in [-0.4, -0.2) is 34.9 Å². The van der Waals surface area contributed by atoms with E-state index in [2.05, 4.69) is 20.0 Å². The number of carbonyl (C=O) groups excluding carboxylic acids is 1. The molecule has 1 amide bonds. The molecule has 6 heteroatoms. The van der Waals surface area contributed by atoms with Crippen LogP contribution in [0.3, 0.4) is 0 Å². The van der Waals surface area contributed by atoms with E-state index < -0.39 is 0 Å². The number of pyridine rings is 1. The molecule has 2 aromatic heterocycles. The number of nitrogens with one attached hydrogen (secondary N) is 2. The van der Waals surface area contributed by atoms with Gasteiger partial charge in [-0.2, -0.15) is 0 Å². The molecular weight excluding hydrogens is 332 g/mol. The number of hydrogen-bond acceptors (Lipinski definition) is 4. The predicted molar refractivity (Wildman–Crippen MR) is 102 cm³/mol. The van der Waals surface area contributed by atoms with Gasteiger partial charge in [0.15, 0.2) is 0 Å². The van der Waals surface area contributed by atoms with Crippen molar-refractivity contribution >= 4 is 29.4 Å². The minimum atomic E-state index is 0.0270. The molecule has 2 aliphatic rings. The number of nitrogens with zero attached hydrogens (tertiary/aromatic N) is 2. The average Bonchev–Trinajstić information content (AvgIpc) is 2.97. The monoisotopic (exact) mass is 356 g/mol. The van der Waals surface area contributed by atoms with Gasteiger partial charge in [0.05, 0.1) is 21.3 Å². The fourth-order valence-corrected chi connectivity index (χ4v) is 4.67. The van der Waals surface area contributed by atoms with Crippen molar-refractivity contribution < 1.29 is 4.79 Å². The van der Waals surface area contributed by atoms with Gasteiger partial charge < -0.3 is 10.6 Å². The number of hydrogen-bond donors (Lipinski definition) is 2. The summed E-state index contributed by atoms with van der Waals surface area (Å²) >= 11 is 1.52. The topological polar surface area (TPSA) is 58.4 Å². The van der Waals surface area contributed by atoms with Crippen molar-refractivity contribution in [2.45, 2.75) is 37.6 Å². The van der Waals surface area contributed by atoms with Gasteiger partial charge >= 0.3 is 0 Å². The second-order valence-electron chi connectivity index (χ2n) is 6.84. The minimum absolute atomic E-state index is 0.0270. The van der Waals surface area contributed by atoms with Crippen LogP contribution in [0.4, 0.5) is 0 Å². The zero-order valence-corrected chi connectivity index (χ0v) is 15.4. The molecule has 0 radical (unpaired) electrons. The van der Waals surface area contributed by atoms with Crippen LogP contribution >= 0.6 is 11.8 Å². The molecule has 2 N–H and O–H groups in total. The Labute approximate surface area is 152 Å². The lowest BCUT2D eigenvalue weighted by atomic mass is 9.93. The van der Waals surface area contributed by atoms with Crippen molar-refractivity contribution in [3.05, 3.63) is 34.5 Å². The average molecular weight is 356 g/mol. The first-order valence-corrected chi connectivity index (χ1v) is 9.90. The molecular formula is C19H24N4OS. The lowest BCUT2D eigenvalue weighted by Crippen LogP contribution is -2.29. The second-order valence-corrected chi connectivity index (χ2v) is 7.90. The third-order valence-electron chi connectivity index (χ3n) is 5.07. The summed E-state index contributed by atoms with van der Waals surface area (Å²) < 4.78 is 2.12. The van der Waals surface area contributed by atoms with E-state index in [0.29, 0.717) is 0 Å². The number of piperidine rings is 1. The lowest BCUT2D eigenvalue weighted by Gasteiger charge is -2.22. The van der Waals surface area contributed by atoms with Crippen molar-refractivity contribution in [2.24, 2.45) is 5.92 Å². The summed E-state index contributed by atoms with van der Waals surface area (Å²) in [4.78, 5) is 17.9.